The van der Waals surface area contributed by atoms with Crippen molar-refractivity contribution in [3.8, 4) is 11.3 Å². The van der Waals surface area contributed by atoms with E-state index < -0.39 is 0 Å². The predicted octanol–water partition coefficient (Wildman–Crippen LogP) is 1.89. The molecule has 1 N–H and O–H groups in total. The van der Waals surface area contributed by atoms with Gasteiger partial charge >= 0.3 is 0 Å². The number of aromatic amines is 1. The topological polar surface area (TPSA) is 52.2 Å². The molecule has 0 saturated carbocycles. The smallest absolute Gasteiger partial charge is 0.252 e. The van der Waals surface area contributed by atoms with Gasteiger partial charge in [0.15, 0.2) is 0 Å². The minimum absolute atomic E-state index is 0.0961. The number of aromatic nitrogens is 2. The minimum atomic E-state index is -0.0961. The van der Waals surface area contributed by atoms with Crippen molar-refractivity contribution in [2.45, 2.75) is 13.8 Å². The van der Waals surface area contributed by atoms with Crippen LogP contribution in [0.3, 0.4) is 0 Å². The summed E-state index contributed by atoms with van der Waals surface area (Å²) in [6, 6.07) is 9.60. The molecule has 0 unspecified atom stereocenters. The molecule has 0 aliphatic carbocycles. The van der Waals surface area contributed by atoms with Crippen LogP contribution in [0.5, 0.6) is 0 Å². The Morgan fingerprint density at radius 2 is 1.91 bits per heavy atom. The molecular formula is C17H22N4O. The van der Waals surface area contributed by atoms with Crippen LogP contribution in [0, 0.1) is 6.92 Å². The van der Waals surface area contributed by atoms with Gasteiger partial charge in [0, 0.05) is 37.8 Å². The number of hydrogen-bond acceptors (Lipinski definition) is 4. The maximum absolute atomic E-state index is 12.0. The zero-order valence-corrected chi connectivity index (χ0v) is 13.2. The number of rotatable bonds is 3. The van der Waals surface area contributed by atoms with Gasteiger partial charge in [0.2, 0.25) is 5.95 Å². The van der Waals surface area contributed by atoms with Gasteiger partial charge in [-0.25, -0.2) is 4.98 Å². The molecule has 116 valence electrons. The fraction of sp³-hybridized carbons (Fsp3) is 0.412. The van der Waals surface area contributed by atoms with Crippen molar-refractivity contribution in [1.29, 1.82) is 0 Å². The highest BCUT2D eigenvalue weighted by atomic mass is 16.1. The van der Waals surface area contributed by atoms with Gasteiger partial charge in [-0.2, -0.15) is 0 Å². The number of nitrogens with one attached hydrogen (secondary N) is 1. The highest BCUT2D eigenvalue weighted by Crippen LogP contribution is 2.21. The Morgan fingerprint density at radius 1 is 1.18 bits per heavy atom. The Morgan fingerprint density at radius 3 is 2.59 bits per heavy atom. The monoisotopic (exact) mass is 298 g/mol. The normalized spacial score (nSPS) is 16.0. The lowest BCUT2D eigenvalue weighted by Crippen LogP contribution is -2.47. The summed E-state index contributed by atoms with van der Waals surface area (Å²) in [6.45, 7) is 9.10. The van der Waals surface area contributed by atoms with Crippen LogP contribution in [0.15, 0.2) is 35.1 Å². The highest BCUT2D eigenvalue weighted by molar-refractivity contribution is 5.64. The first kappa shape index (κ1) is 14.8. The van der Waals surface area contributed by atoms with Crippen molar-refractivity contribution < 1.29 is 0 Å². The van der Waals surface area contributed by atoms with Gasteiger partial charge in [-0.1, -0.05) is 31.2 Å². The molecule has 0 spiro atoms. The quantitative estimate of drug-likeness (QED) is 0.940. The summed E-state index contributed by atoms with van der Waals surface area (Å²) in [6.07, 6.45) is 0. The van der Waals surface area contributed by atoms with Gasteiger partial charge in [-0.05, 0) is 19.0 Å². The number of anilines is 1. The molecule has 22 heavy (non-hydrogen) atoms. The molecule has 1 aliphatic rings. The van der Waals surface area contributed by atoms with Crippen LogP contribution in [0.4, 0.5) is 5.95 Å². The van der Waals surface area contributed by atoms with E-state index in [1.165, 1.54) is 0 Å². The zero-order chi connectivity index (χ0) is 15.5. The van der Waals surface area contributed by atoms with E-state index in [2.05, 4.69) is 21.7 Å². The van der Waals surface area contributed by atoms with Gasteiger partial charge < -0.3 is 9.80 Å². The summed E-state index contributed by atoms with van der Waals surface area (Å²) < 4.78 is 0. The molecule has 1 aliphatic heterocycles. The molecule has 0 amide bonds. The molecule has 2 heterocycles. The van der Waals surface area contributed by atoms with Crippen molar-refractivity contribution in [3.63, 3.8) is 0 Å². The molecular weight excluding hydrogens is 276 g/mol. The van der Waals surface area contributed by atoms with Crippen molar-refractivity contribution in [1.82, 2.24) is 14.9 Å². The third-order valence-electron chi connectivity index (χ3n) is 4.27. The summed E-state index contributed by atoms with van der Waals surface area (Å²) in [4.78, 5) is 24.2. The van der Waals surface area contributed by atoms with Crippen molar-refractivity contribution in [2.75, 3.05) is 37.6 Å². The lowest BCUT2D eigenvalue weighted by molar-refractivity contribution is 0.270. The first-order chi connectivity index (χ1) is 10.7. The van der Waals surface area contributed by atoms with Crippen LogP contribution in [0.1, 0.15) is 12.5 Å². The SMILES string of the molecule is CCN1CCN(c2nc(-c3ccccc3C)cc(=O)[nH]2)CC1. The van der Waals surface area contributed by atoms with Crippen LogP contribution in [0.25, 0.3) is 11.3 Å². The molecule has 0 radical (unpaired) electrons. The third kappa shape index (κ3) is 3.04. The zero-order valence-electron chi connectivity index (χ0n) is 13.2. The van der Waals surface area contributed by atoms with E-state index >= 15 is 0 Å². The lowest BCUT2D eigenvalue weighted by Gasteiger charge is -2.34. The molecule has 1 saturated heterocycles. The van der Waals surface area contributed by atoms with Crippen molar-refractivity contribution >= 4 is 5.95 Å². The standard InChI is InChI=1S/C17H22N4O/c1-3-20-8-10-21(11-9-20)17-18-15(12-16(22)19-17)14-7-5-4-6-13(14)2/h4-7,12H,3,8-11H2,1-2H3,(H,18,19,22). The van der Waals surface area contributed by atoms with E-state index in [0.717, 1.165) is 49.5 Å². The van der Waals surface area contributed by atoms with Crippen LogP contribution >= 0.6 is 0 Å². The van der Waals surface area contributed by atoms with Crippen molar-refractivity contribution in [3.05, 3.63) is 46.2 Å². The Labute approximate surface area is 130 Å². The maximum atomic E-state index is 12.0. The van der Waals surface area contributed by atoms with Crippen LogP contribution in [-0.4, -0.2) is 47.6 Å². The molecule has 1 aromatic heterocycles. The highest BCUT2D eigenvalue weighted by Gasteiger charge is 2.18. The molecule has 5 heteroatoms. The second kappa shape index (κ2) is 6.32. The van der Waals surface area contributed by atoms with E-state index in [1.54, 1.807) is 6.07 Å². The molecule has 3 rings (SSSR count). The Hall–Kier alpha value is -2.14. The number of likely N-dealkylation sites (N-methyl/N-ethyl adjacent to an activating group) is 1. The first-order valence-electron chi connectivity index (χ1n) is 7.82. The third-order valence-corrected chi connectivity index (χ3v) is 4.27. The molecule has 5 nitrogen and oxygen atoms in total. The van der Waals surface area contributed by atoms with Crippen LogP contribution in [-0.2, 0) is 0 Å². The number of benzene rings is 1. The van der Waals surface area contributed by atoms with Gasteiger partial charge in [-0.15, -0.1) is 0 Å². The second-order valence-electron chi connectivity index (χ2n) is 5.69. The molecule has 1 aromatic carbocycles. The van der Waals surface area contributed by atoms with E-state index in [9.17, 15) is 4.79 Å². The number of H-pyrrole nitrogens is 1. The van der Waals surface area contributed by atoms with Crippen LogP contribution in [0.2, 0.25) is 0 Å². The second-order valence-corrected chi connectivity index (χ2v) is 5.69. The Balaban J connectivity index is 1.91. The van der Waals surface area contributed by atoms with E-state index in [0.29, 0.717) is 5.95 Å². The van der Waals surface area contributed by atoms with E-state index in [-0.39, 0.29) is 5.56 Å². The average molecular weight is 298 g/mol. The number of aryl methyl sites for hydroxylation is 1. The molecule has 0 atom stereocenters. The summed E-state index contributed by atoms with van der Waals surface area (Å²) in [5.74, 6) is 0.682. The van der Waals surface area contributed by atoms with E-state index in [4.69, 9.17) is 4.98 Å². The molecule has 1 fully saturated rings. The minimum Gasteiger partial charge on any atom is -0.340 e. The predicted molar refractivity (Wildman–Crippen MR) is 89.4 cm³/mol. The van der Waals surface area contributed by atoms with Gasteiger partial charge in [0.25, 0.3) is 5.56 Å². The van der Waals surface area contributed by atoms with Gasteiger partial charge in [0.05, 0.1) is 5.69 Å². The number of nitrogens with zero attached hydrogens (tertiary/aromatic N) is 3. The summed E-state index contributed by atoms with van der Waals surface area (Å²) in [5.41, 5.74) is 2.79. The van der Waals surface area contributed by atoms with Crippen molar-refractivity contribution in [2.24, 2.45) is 0 Å². The van der Waals surface area contributed by atoms with E-state index in [1.807, 2.05) is 31.2 Å². The Kier molecular flexibility index (Phi) is 4.24. The summed E-state index contributed by atoms with van der Waals surface area (Å²) in [5, 5.41) is 0. The fourth-order valence-electron chi connectivity index (χ4n) is 2.87. The summed E-state index contributed by atoms with van der Waals surface area (Å²) in [7, 11) is 0. The van der Waals surface area contributed by atoms with Crippen LogP contribution < -0.4 is 10.5 Å². The lowest BCUT2D eigenvalue weighted by atomic mass is 10.1. The first-order valence-corrected chi connectivity index (χ1v) is 7.82. The fourth-order valence-corrected chi connectivity index (χ4v) is 2.87. The average Bonchev–Trinajstić information content (AvgIpc) is 2.55. The molecule has 2 aromatic rings. The maximum Gasteiger partial charge on any atom is 0.252 e. The Bertz CT molecular complexity index is 702. The number of hydrogen-bond donors (Lipinski definition) is 1. The largest absolute Gasteiger partial charge is 0.340 e. The van der Waals surface area contributed by atoms with Gasteiger partial charge in [-0.3, -0.25) is 9.78 Å². The summed E-state index contributed by atoms with van der Waals surface area (Å²) >= 11 is 0. The molecule has 0 bridgehead atoms. The number of piperazine rings is 1. The van der Waals surface area contributed by atoms with Gasteiger partial charge in [0.1, 0.15) is 0 Å².